The lowest BCUT2D eigenvalue weighted by molar-refractivity contribution is 0.0746. The molecule has 0 N–H and O–H groups in total. The van der Waals surface area contributed by atoms with Crippen LogP contribution >= 0.6 is 0 Å². The van der Waals surface area contributed by atoms with Crippen LogP contribution in [-0.2, 0) is 0 Å². The van der Waals surface area contributed by atoms with Crippen LogP contribution in [0.2, 0.25) is 0 Å². The van der Waals surface area contributed by atoms with Gasteiger partial charge in [0.25, 0.3) is 5.91 Å². The first-order valence-electron chi connectivity index (χ1n) is 10.6. The lowest BCUT2D eigenvalue weighted by Crippen LogP contribution is -2.49. The summed E-state index contributed by atoms with van der Waals surface area (Å²) in [6, 6.07) is 21.2. The van der Waals surface area contributed by atoms with E-state index in [0.717, 1.165) is 30.0 Å². The molecule has 7 heteroatoms. The van der Waals surface area contributed by atoms with Gasteiger partial charge in [-0.25, -0.2) is 4.98 Å². The first kappa shape index (κ1) is 19.9. The number of anilines is 1. The molecular weight excluding hydrogens is 402 g/mol. The number of benzene rings is 2. The highest BCUT2D eigenvalue weighted by molar-refractivity contribution is 5.94. The summed E-state index contributed by atoms with van der Waals surface area (Å²) in [5.74, 6) is 1.89. The largest absolute Gasteiger partial charge is 0.416 e. The van der Waals surface area contributed by atoms with Gasteiger partial charge in [0.2, 0.25) is 11.8 Å². The van der Waals surface area contributed by atoms with Crippen molar-refractivity contribution < 1.29 is 9.21 Å². The Hall–Kier alpha value is -4.00. The van der Waals surface area contributed by atoms with Crippen LogP contribution in [0, 0.1) is 6.92 Å². The molecule has 0 bridgehead atoms. The molecule has 0 unspecified atom stereocenters. The Balaban J connectivity index is 1.24. The van der Waals surface area contributed by atoms with Gasteiger partial charge in [0.15, 0.2) is 0 Å². The minimum absolute atomic E-state index is 0.0306. The number of pyridine rings is 1. The third-order valence-electron chi connectivity index (χ3n) is 5.64. The molecule has 1 saturated heterocycles. The third kappa shape index (κ3) is 4.09. The third-order valence-corrected chi connectivity index (χ3v) is 5.64. The van der Waals surface area contributed by atoms with Crippen molar-refractivity contribution in [1.82, 2.24) is 20.1 Å². The average molecular weight is 425 g/mol. The van der Waals surface area contributed by atoms with Crippen LogP contribution in [0.25, 0.3) is 22.9 Å². The molecule has 0 saturated carbocycles. The minimum Gasteiger partial charge on any atom is -0.416 e. The molecule has 0 aliphatic carbocycles. The van der Waals surface area contributed by atoms with E-state index in [4.69, 9.17) is 4.42 Å². The number of hydrogen-bond acceptors (Lipinski definition) is 6. The van der Waals surface area contributed by atoms with Crippen molar-refractivity contribution in [2.45, 2.75) is 6.92 Å². The number of nitrogens with zero attached hydrogens (tertiary/aromatic N) is 5. The molecule has 0 atom stereocenters. The Morgan fingerprint density at radius 2 is 1.44 bits per heavy atom. The predicted octanol–water partition coefficient (Wildman–Crippen LogP) is 4.07. The summed E-state index contributed by atoms with van der Waals surface area (Å²) in [5.41, 5.74) is 3.49. The molecule has 32 heavy (non-hydrogen) atoms. The number of carbonyl (C=O) groups is 1. The van der Waals surface area contributed by atoms with Crippen LogP contribution in [0.1, 0.15) is 15.9 Å². The van der Waals surface area contributed by atoms with E-state index in [1.165, 1.54) is 5.56 Å². The second-order valence-electron chi connectivity index (χ2n) is 7.82. The van der Waals surface area contributed by atoms with Crippen LogP contribution in [0.3, 0.4) is 0 Å². The van der Waals surface area contributed by atoms with E-state index in [-0.39, 0.29) is 5.91 Å². The van der Waals surface area contributed by atoms with Crippen LogP contribution in [0.5, 0.6) is 0 Å². The van der Waals surface area contributed by atoms with E-state index >= 15 is 0 Å². The second-order valence-corrected chi connectivity index (χ2v) is 7.82. The van der Waals surface area contributed by atoms with Gasteiger partial charge in [-0.05, 0) is 55.5 Å². The van der Waals surface area contributed by atoms with E-state index in [9.17, 15) is 4.79 Å². The molecule has 0 radical (unpaired) electrons. The smallest absolute Gasteiger partial charge is 0.253 e. The van der Waals surface area contributed by atoms with Crippen molar-refractivity contribution in [2.24, 2.45) is 0 Å². The monoisotopic (exact) mass is 425 g/mol. The van der Waals surface area contributed by atoms with Gasteiger partial charge >= 0.3 is 0 Å². The summed E-state index contributed by atoms with van der Waals surface area (Å²) in [7, 11) is 0. The van der Waals surface area contributed by atoms with E-state index in [1.54, 1.807) is 6.20 Å². The number of aromatic nitrogens is 3. The fourth-order valence-electron chi connectivity index (χ4n) is 3.77. The standard InChI is InChI=1S/C25H23N5O2/c1-18-5-7-19(8-6-18)23-27-28-24(32-23)20-9-11-21(12-10-20)25(31)30-16-14-29(15-17-30)22-4-2-3-13-26-22/h2-13H,14-17H2,1H3. The fourth-order valence-corrected chi connectivity index (χ4v) is 3.77. The zero-order valence-corrected chi connectivity index (χ0v) is 17.8. The van der Waals surface area contributed by atoms with Gasteiger partial charge in [0, 0.05) is 49.1 Å². The number of amides is 1. The van der Waals surface area contributed by atoms with Crippen molar-refractivity contribution in [2.75, 3.05) is 31.1 Å². The summed E-state index contributed by atoms with van der Waals surface area (Å²) >= 11 is 0. The molecule has 1 fully saturated rings. The molecule has 4 aromatic rings. The maximum Gasteiger partial charge on any atom is 0.253 e. The van der Waals surface area contributed by atoms with E-state index < -0.39 is 0 Å². The number of rotatable bonds is 4. The van der Waals surface area contributed by atoms with Crippen molar-refractivity contribution >= 4 is 11.7 Å². The number of aryl methyl sites for hydroxylation is 1. The molecule has 1 aliphatic rings. The first-order chi connectivity index (χ1) is 15.7. The Kier molecular flexibility index (Phi) is 5.37. The zero-order valence-electron chi connectivity index (χ0n) is 17.8. The molecule has 7 nitrogen and oxygen atoms in total. The van der Waals surface area contributed by atoms with Crippen molar-refractivity contribution in [1.29, 1.82) is 0 Å². The minimum atomic E-state index is 0.0306. The highest BCUT2D eigenvalue weighted by Gasteiger charge is 2.23. The van der Waals surface area contributed by atoms with Gasteiger partial charge in [-0.1, -0.05) is 23.8 Å². The predicted molar refractivity (Wildman–Crippen MR) is 122 cm³/mol. The van der Waals surface area contributed by atoms with E-state index in [2.05, 4.69) is 20.1 Å². The van der Waals surface area contributed by atoms with Crippen LogP contribution < -0.4 is 4.90 Å². The van der Waals surface area contributed by atoms with Gasteiger partial charge in [0.05, 0.1) is 0 Å². The molecule has 5 rings (SSSR count). The van der Waals surface area contributed by atoms with Gasteiger partial charge in [-0.2, -0.15) is 0 Å². The Bertz CT molecular complexity index is 1200. The molecule has 160 valence electrons. The summed E-state index contributed by atoms with van der Waals surface area (Å²) in [6.45, 7) is 4.91. The molecule has 1 aliphatic heterocycles. The lowest BCUT2D eigenvalue weighted by atomic mass is 10.1. The zero-order chi connectivity index (χ0) is 21.9. The van der Waals surface area contributed by atoms with Crippen LogP contribution in [-0.4, -0.2) is 52.2 Å². The first-order valence-corrected chi connectivity index (χ1v) is 10.6. The normalized spacial score (nSPS) is 13.9. The molecule has 0 spiro atoms. The Labute approximate surface area is 186 Å². The van der Waals surface area contributed by atoms with Crippen molar-refractivity contribution in [3.8, 4) is 22.9 Å². The summed E-state index contributed by atoms with van der Waals surface area (Å²) in [5, 5.41) is 8.32. The van der Waals surface area contributed by atoms with Crippen LogP contribution in [0.4, 0.5) is 5.82 Å². The van der Waals surface area contributed by atoms with Gasteiger partial charge in [-0.15, -0.1) is 10.2 Å². The highest BCUT2D eigenvalue weighted by atomic mass is 16.4. The highest BCUT2D eigenvalue weighted by Crippen LogP contribution is 2.25. The summed E-state index contributed by atoms with van der Waals surface area (Å²) in [4.78, 5) is 21.4. The maximum atomic E-state index is 12.9. The van der Waals surface area contributed by atoms with Crippen molar-refractivity contribution in [3.63, 3.8) is 0 Å². The van der Waals surface area contributed by atoms with Gasteiger partial charge < -0.3 is 14.2 Å². The van der Waals surface area contributed by atoms with Gasteiger partial charge in [0.1, 0.15) is 5.82 Å². The topological polar surface area (TPSA) is 75.4 Å². The van der Waals surface area contributed by atoms with E-state index in [0.29, 0.717) is 30.4 Å². The second kappa shape index (κ2) is 8.63. The maximum absolute atomic E-state index is 12.9. The Morgan fingerprint density at radius 3 is 2.03 bits per heavy atom. The van der Waals surface area contributed by atoms with Crippen LogP contribution in [0.15, 0.2) is 77.3 Å². The summed E-state index contributed by atoms with van der Waals surface area (Å²) < 4.78 is 5.84. The molecule has 2 aromatic heterocycles. The quantitative estimate of drug-likeness (QED) is 0.491. The molecule has 3 heterocycles. The van der Waals surface area contributed by atoms with Gasteiger partial charge in [-0.3, -0.25) is 4.79 Å². The van der Waals surface area contributed by atoms with Crippen molar-refractivity contribution in [3.05, 3.63) is 84.1 Å². The number of hydrogen-bond donors (Lipinski definition) is 0. The Morgan fingerprint density at radius 1 is 0.812 bits per heavy atom. The van der Waals surface area contributed by atoms with E-state index in [1.807, 2.05) is 78.6 Å². The SMILES string of the molecule is Cc1ccc(-c2nnc(-c3ccc(C(=O)N4CCN(c5ccccn5)CC4)cc3)o2)cc1. The fraction of sp³-hybridized carbons (Fsp3) is 0.200. The lowest BCUT2D eigenvalue weighted by Gasteiger charge is -2.35. The molecular formula is C25H23N5O2. The molecule has 2 aromatic carbocycles. The number of carbonyl (C=O) groups excluding carboxylic acids is 1. The number of piperazine rings is 1. The average Bonchev–Trinajstić information content (AvgIpc) is 3.35. The molecule has 1 amide bonds. The summed E-state index contributed by atoms with van der Waals surface area (Å²) in [6.07, 6.45) is 1.79.